The summed E-state index contributed by atoms with van der Waals surface area (Å²) in [5, 5.41) is 0. The molecule has 1 nitrogen and oxygen atoms in total. The Balaban J connectivity index is 3.53. The zero-order valence-corrected chi connectivity index (χ0v) is 4.22. The molecular weight excluding hydrogens is 100 g/mol. The molecule has 1 aromatic rings. The van der Waals surface area contributed by atoms with Gasteiger partial charge < -0.3 is 0 Å². The second kappa shape index (κ2) is 2.26. The van der Waals surface area contributed by atoms with Gasteiger partial charge in [-0.3, -0.25) is 4.79 Å². The smallest absolute Gasteiger partial charge is 0.178 e. The van der Waals surface area contributed by atoms with Crippen molar-refractivity contribution in [3.63, 3.8) is 0 Å². The number of hydrogen-bond acceptors (Lipinski definition) is 1. The zero-order chi connectivity index (χ0) is 7.56. The van der Waals surface area contributed by atoms with Crippen LogP contribution in [-0.4, -0.2) is 0 Å². The minimum Gasteiger partial charge on any atom is -0.290 e. The molecule has 1 heteroatoms. The number of hydrogen-bond donors (Lipinski definition) is 0. The maximum Gasteiger partial charge on any atom is 0.178 e. The molecular formula is C7H6O. The van der Waals surface area contributed by atoms with Gasteiger partial charge in [0.15, 0.2) is 5.43 Å². The highest BCUT2D eigenvalue weighted by atomic mass is 16.1. The molecule has 0 N–H and O–H groups in total. The molecule has 40 valence electrons. The minimum absolute atomic E-state index is 0.130. The van der Waals surface area contributed by atoms with Crippen LogP contribution in [0.15, 0.2) is 41.1 Å². The molecule has 0 saturated carbocycles. The first-order valence-corrected chi connectivity index (χ1v) is 2.28. The molecule has 1 aromatic carbocycles. The predicted octanol–water partition coefficient (Wildman–Crippen LogP) is 1.05. The molecule has 0 amide bonds. The van der Waals surface area contributed by atoms with Gasteiger partial charge in [0, 0.05) is 0 Å². The normalized spacial score (nSPS) is 12.0. The third-order valence-electron chi connectivity index (χ3n) is 0.732. The molecule has 0 aliphatic heterocycles. The maximum atomic E-state index is 10.8. The van der Waals surface area contributed by atoms with Crippen molar-refractivity contribution in [3.05, 3.63) is 46.6 Å². The van der Waals surface area contributed by atoms with Crippen LogP contribution < -0.4 is 5.43 Å². The third-order valence-corrected chi connectivity index (χ3v) is 0.732. The topological polar surface area (TPSA) is 17.1 Å². The molecule has 0 aliphatic rings. The van der Waals surface area contributed by atoms with Crippen LogP contribution in [0.5, 0.6) is 0 Å². The lowest BCUT2D eigenvalue weighted by Crippen LogP contribution is -1.87. The van der Waals surface area contributed by atoms with E-state index in [1.54, 1.807) is 12.1 Å². The van der Waals surface area contributed by atoms with E-state index in [0.717, 1.165) is 0 Å². The highest BCUT2D eigenvalue weighted by molar-refractivity contribution is 5.00. The Morgan fingerprint density at radius 2 is 1.62 bits per heavy atom. The Bertz CT molecular complexity index is 268. The van der Waals surface area contributed by atoms with Crippen molar-refractivity contribution in [2.45, 2.75) is 0 Å². The van der Waals surface area contributed by atoms with Crippen molar-refractivity contribution in [1.29, 1.82) is 0 Å². The first kappa shape index (κ1) is 3.02. The van der Waals surface area contributed by atoms with Gasteiger partial charge in [0.2, 0.25) is 0 Å². The Kier molecular flexibility index (Phi) is 0.855. The monoisotopic (exact) mass is 108 g/mol. The molecule has 0 fully saturated rings. The second-order valence-corrected chi connectivity index (χ2v) is 1.34. The standard InChI is InChI=1S/C7H6O/c8-7-5-3-1-2-4-6-7/h1-6H/i5D,6D. The molecule has 8 heavy (non-hydrogen) atoms. The van der Waals surface area contributed by atoms with Crippen LogP contribution in [0.2, 0.25) is 0 Å². The van der Waals surface area contributed by atoms with Gasteiger partial charge in [-0.15, -0.1) is 0 Å². The molecule has 0 heterocycles. The Morgan fingerprint density at radius 1 is 1.12 bits per heavy atom. The fraction of sp³-hybridized carbons (Fsp3) is 0. The molecule has 0 radical (unpaired) electrons. The summed E-state index contributed by atoms with van der Waals surface area (Å²) in [5.41, 5.74) is -0.523. The van der Waals surface area contributed by atoms with Crippen molar-refractivity contribution in [2.75, 3.05) is 0 Å². The van der Waals surface area contributed by atoms with Crippen molar-refractivity contribution >= 4 is 0 Å². The average Bonchev–Trinajstić information content (AvgIpc) is 2.04. The van der Waals surface area contributed by atoms with E-state index in [1.165, 1.54) is 12.1 Å². The fourth-order valence-electron chi connectivity index (χ4n) is 0.400. The quantitative estimate of drug-likeness (QED) is 0.485. The molecule has 0 aromatic heterocycles. The lowest BCUT2D eigenvalue weighted by molar-refractivity contribution is 1.68. The van der Waals surface area contributed by atoms with E-state index >= 15 is 0 Å². The highest BCUT2D eigenvalue weighted by Gasteiger charge is 1.69. The molecule has 0 bridgehead atoms. The van der Waals surface area contributed by atoms with E-state index in [9.17, 15) is 4.79 Å². The van der Waals surface area contributed by atoms with Crippen LogP contribution in [0.4, 0.5) is 0 Å². The first-order chi connectivity index (χ1) is 4.72. The van der Waals surface area contributed by atoms with Gasteiger partial charge in [0.25, 0.3) is 0 Å². The van der Waals surface area contributed by atoms with Crippen molar-refractivity contribution in [1.82, 2.24) is 0 Å². The van der Waals surface area contributed by atoms with Crippen molar-refractivity contribution in [2.24, 2.45) is 0 Å². The summed E-state index contributed by atoms with van der Waals surface area (Å²) in [4.78, 5) is 10.8. The Hall–Kier alpha value is -1.11. The zero-order valence-electron chi connectivity index (χ0n) is 6.22. The van der Waals surface area contributed by atoms with Crippen molar-refractivity contribution in [3.8, 4) is 0 Å². The molecule has 1 rings (SSSR count). The van der Waals surface area contributed by atoms with E-state index in [1.807, 2.05) is 0 Å². The van der Waals surface area contributed by atoms with Crippen molar-refractivity contribution < 1.29 is 2.74 Å². The molecule has 0 spiro atoms. The predicted molar refractivity (Wildman–Crippen MR) is 32.7 cm³/mol. The van der Waals surface area contributed by atoms with Crippen LogP contribution in [-0.2, 0) is 0 Å². The van der Waals surface area contributed by atoms with Gasteiger partial charge in [-0.25, -0.2) is 0 Å². The van der Waals surface area contributed by atoms with E-state index in [0.29, 0.717) is 0 Å². The molecule has 0 saturated heterocycles. The van der Waals surface area contributed by atoms with E-state index in [4.69, 9.17) is 2.74 Å². The van der Waals surface area contributed by atoms with Gasteiger partial charge in [-0.1, -0.05) is 24.3 Å². The van der Waals surface area contributed by atoms with Crippen LogP contribution in [0, 0.1) is 0 Å². The van der Waals surface area contributed by atoms with Gasteiger partial charge in [0.1, 0.15) is 0 Å². The Morgan fingerprint density at radius 3 is 2.12 bits per heavy atom. The summed E-state index contributed by atoms with van der Waals surface area (Å²) in [6.45, 7) is 0. The fourth-order valence-corrected chi connectivity index (χ4v) is 0.400. The summed E-state index contributed by atoms with van der Waals surface area (Å²) in [5.74, 6) is 0. The van der Waals surface area contributed by atoms with Crippen LogP contribution in [0.1, 0.15) is 2.74 Å². The van der Waals surface area contributed by atoms with Gasteiger partial charge in [-0.05, 0) is 12.1 Å². The molecule has 0 unspecified atom stereocenters. The van der Waals surface area contributed by atoms with Crippen LogP contribution in [0.3, 0.4) is 0 Å². The maximum absolute atomic E-state index is 10.8. The van der Waals surface area contributed by atoms with E-state index in [2.05, 4.69) is 0 Å². The summed E-state index contributed by atoms with van der Waals surface area (Å²) in [6.07, 6.45) is 0. The summed E-state index contributed by atoms with van der Waals surface area (Å²) in [7, 11) is 0. The lowest BCUT2D eigenvalue weighted by Gasteiger charge is -1.56. The lowest BCUT2D eigenvalue weighted by atomic mass is 10.5. The SMILES string of the molecule is [2H]c1ccccc([2H])c1=O. The largest absolute Gasteiger partial charge is 0.290 e. The molecule has 0 aliphatic carbocycles. The summed E-state index contributed by atoms with van der Waals surface area (Å²) in [6, 6.07) is 5.63. The van der Waals surface area contributed by atoms with Crippen LogP contribution >= 0.6 is 0 Å². The van der Waals surface area contributed by atoms with Crippen LogP contribution in [0.25, 0.3) is 0 Å². The Labute approximate surface area is 50.4 Å². The summed E-state index contributed by atoms with van der Waals surface area (Å²) >= 11 is 0. The average molecular weight is 108 g/mol. The molecule has 0 atom stereocenters. The third kappa shape index (κ3) is 1.19. The van der Waals surface area contributed by atoms with Gasteiger partial charge in [0.05, 0.1) is 2.74 Å². The minimum atomic E-state index is -0.523. The second-order valence-electron chi connectivity index (χ2n) is 1.34. The van der Waals surface area contributed by atoms with E-state index < -0.39 is 5.43 Å². The van der Waals surface area contributed by atoms with Gasteiger partial charge >= 0.3 is 0 Å². The number of rotatable bonds is 0. The first-order valence-electron chi connectivity index (χ1n) is 3.28. The summed E-state index contributed by atoms with van der Waals surface area (Å²) < 4.78 is 14.1. The van der Waals surface area contributed by atoms with Gasteiger partial charge in [-0.2, -0.15) is 0 Å². The van der Waals surface area contributed by atoms with E-state index in [-0.39, 0.29) is 12.1 Å². The highest BCUT2D eigenvalue weighted by Crippen LogP contribution is 1.73.